The third kappa shape index (κ3) is 3.15. The second kappa shape index (κ2) is 6.66. The Bertz CT molecular complexity index is 1050. The van der Waals surface area contributed by atoms with Gasteiger partial charge >= 0.3 is 0 Å². The molecule has 3 aromatic rings. The number of halogens is 2. The van der Waals surface area contributed by atoms with E-state index >= 15 is 0 Å². The SMILES string of the molecule is O=C(Nc1c2c(nn1-c1cccc(Cl)c1)C[S@](=O)C2)c1cccc(F)c1. The second-order valence-electron chi connectivity index (χ2n) is 5.86. The van der Waals surface area contributed by atoms with Crippen molar-refractivity contribution in [1.29, 1.82) is 0 Å². The predicted molar refractivity (Wildman–Crippen MR) is 98.5 cm³/mol. The van der Waals surface area contributed by atoms with Gasteiger partial charge in [0, 0.05) is 26.9 Å². The van der Waals surface area contributed by atoms with Crippen molar-refractivity contribution >= 4 is 34.1 Å². The number of rotatable bonds is 3. The van der Waals surface area contributed by atoms with Crippen molar-refractivity contribution < 1.29 is 13.4 Å². The van der Waals surface area contributed by atoms with Crippen molar-refractivity contribution in [3.63, 3.8) is 0 Å². The normalized spacial score (nSPS) is 15.7. The molecule has 0 unspecified atom stereocenters. The number of nitrogens with zero attached hydrogens (tertiary/aromatic N) is 2. The minimum atomic E-state index is -1.04. The van der Waals surface area contributed by atoms with E-state index in [2.05, 4.69) is 10.4 Å². The Labute approximate surface area is 156 Å². The number of anilines is 1. The van der Waals surface area contributed by atoms with E-state index in [1.807, 2.05) is 6.07 Å². The average molecular weight is 390 g/mol. The van der Waals surface area contributed by atoms with Crippen molar-refractivity contribution in [2.75, 3.05) is 5.32 Å². The van der Waals surface area contributed by atoms with Crippen molar-refractivity contribution in [2.24, 2.45) is 0 Å². The molecule has 0 saturated carbocycles. The Morgan fingerprint density at radius 2 is 2.00 bits per heavy atom. The molecule has 4 rings (SSSR count). The summed E-state index contributed by atoms with van der Waals surface area (Å²) < 4.78 is 26.9. The molecule has 0 fully saturated rings. The maximum Gasteiger partial charge on any atom is 0.256 e. The van der Waals surface area contributed by atoms with Crippen molar-refractivity contribution in [3.05, 3.63) is 76.2 Å². The van der Waals surface area contributed by atoms with Crippen LogP contribution in [-0.4, -0.2) is 19.9 Å². The van der Waals surface area contributed by atoms with Crippen LogP contribution in [0.5, 0.6) is 0 Å². The van der Waals surface area contributed by atoms with Gasteiger partial charge in [-0.25, -0.2) is 9.07 Å². The smallest absolute Gasteiger partial charge is 0.256 e. The maximum atomic E-state index is 13.4. The zero-order valence-corrected chi connectivity index (χ0v) is 15.0. The fourth-order valence-electron chi connectivity index (χ4n) is 2.86. The van der Waals surface area contributed by atoms with Crippen molar-refractivity contribution in [1.82, 2.24) is 9.78 Å². The highest BCUT2D eigenvalue weighted by Crippen LogP contribution is 2.32. The van der Waals surface area contributed by atoms with Gasteiger partial charge in [-0.3, -0.25) is 9.00 Å². The standard InChI is InChI=1S/C18H13ClFN3O2S/c19-12-4-2-6-14(8-12)23-17(15-9-26(25)10-16(15)22-23)21-18(24)11-3-1-5-13(20)7-11/h1-8H,9-10H2,(H,21,24)/t26-/m1/s1. The second-order valence-corrected chi connectivity index (χ2v) is 7.75. The fraction of sp³-hybridized carbons (Fsp3) is 0.111. The van der Waals surface area contributed by atoms with Crippen molar-refractivity contribution in [3.8, 4) is 5.69 Å². The van der Waals surface area contributed by atoms with Crippen LogP contribution in [0, 0.1) is 5.82 Å². The highest BCUT2D eigenvalue weighted by molar-refractivity contribution is 7.83. The molecule has 0 aliphatic carbocycles. The molecule has 1 aromatic heterocycles. The van der Waals surface area contributed by atoms with Crippen LogP contribution in [0.3, 0.4) is 0 Å². The van der Waals surface area contributed by atoms with E-state index < -0.39 is 22.5 Å². The van der Waals surface area contributed by atoms with E-state index in [0.717, 1.165) is 11.6 Å². The quantitative estimate of drug-likeness (QED) is 0.743. The van der Waals surface area contributed by atoms with Crippen LogP contribution in [0.15, 0.2) is 48.5 Å². The fourth-order valence-corrected chi connectivity index (χ4v) is 4.31. The summed E-state index contributed by atoms with van der Waals surface area (Å²) in [4.78, 5) is 12.6. The molecule has 1 N–H and O–H groups in total. The van der Waals surface area contributed by atoms with E-state index in [9.17, 15) is 13.4 Å². The van der Waals surface area contributed by atoms with Crippen LogP contribution in [0.4, 0.5) is 10.2 Å². The number of amides is 1. The van der Waals surface area contributed by atoms with Crippen LogP contribution in [0.2, 0.25) is 5.02 Å². The molecule has 0 spiro atoms. The molecule has 8 heteroatoms. The van der Waals surface area contributed by atoms with Crippen LogP contribution < -0.4 is 5.32 Å². The summed E-state index contributed by atoms with van der Waals surface area (Å²) in [5.41, 5.74) is 2.27. The van der Waals surface area contributed by atoms with Gasteiger partial charge in [-0.2, -0.15) is 5.10 Å². The Balaban J connectivity index is 1.77. The molecule has 1 amide bonds. The van der Waals surface area contributed by atoms with Gasteiger partial charge in [-0.05, 0) is 36.4 Å². The van der Waals surface area contributed by atoms with Gasteiger partial charge < -0.3 is 5.32 Å². The Morgan fingerprint density at radius 1 is 1.19 bits per heavy atom. The van der Waals surface area contributed by atoms with E-state index in [0.29, 0.717) is 33.7 Å². The largest absolute Gasteiger partial charge is 0.306 e. The molecule has 1 aliphatic rings. The van der Waals surface area contributed by atoms with Crippen molar-refractivity contribution in [2.45, 2.75) is 11.5 Å². The summed E-state index contributed by atoms with van der Waals surface area (Å²) in [5, 5.41) is 7.81. The minimum absolute atomic E-state index is 0.191. The first-order chi connectivity index (χ1) is 12.5. The molecule has 0 radical (unpaired) electrons. The number of carbonyl (C=O) groups excluding carboxylic acids is 1. The summed E-state index contributed by atoms with van der Waals surface area (Å²) in [6.45, 7) is 0. The van der Waals surface area contributed by atoms with Crippen LogP contribution >= 0.6 is 11.6 Å². The Kier molecular flexibility index (Phi) is 4.34. The highest BCUT2D eigenvalue weighted by atomic mass is 35.5. The van der Waals surface area contributed by atoms with Gasteiger partial charge in [-0.15, -0.1) is 0 Å². The molecule has 1 aliphatic heterocycles. The number of aromatic nitrogens is 2. The summed E-state index contributed by atoms with van der Waals surface area (Å²) in [6.07, 6.45) is 0. The lowest BCUT2D eigenvalue weighted by molar-refractivity contribution is 0.102. The monoisotopic (exact) mass is 389 g/mol. The number of carbonyl (C=O) groups is 1. The number of hydrogen-bond acceptors (Lipinski definition) is 3. The molecule has 132 valence electrons. The molecule has 2 aromatic carbocycles. The van der Waals surface area contributed by atoms with Gasteiger partial charge in [0.1, 0.15) is 11.6 Å². The third-order valence-electron chi connectivity index (χ3n) is 4.04. The summed E-state index contributed by atoms with van der Waals surface area (Å²) >= 11 is 6.06. The van der Waals surface area contributed by atoms with Gasteiger partial charge in [0.2, 0.25) is 0 Å². The van der Waals surface area contributed by atoms with E-state index in [1.165, 1.54) is 18.2 Å². The van der Waals surface area contributed by atoms with E-state index in [4.69, 9.17) is 11.6 Å². The highest BCUT2D eigenvalue weighted by Gasteiger charge is 2.28. The van der Waals surface area contributed by atoms with E-state index in [-0.39, 0.29) is 5.56 Å². The van der Waals surface area contributed by atoms with Gasteiger partial charge in [0.05, 0.1) is 22.9 Å². The molecule has 5 nitrogen and oxygen atoms in total. The Morgan fingerprint density at radius 3 is 2.77 bits per heavy atom. The number of fused-ring (bicyclic) bond motifs is 1. The van der Waals surface area contributed by atoms with Crippen LogP contribution in [-0.2, 0) is 22.3 Å². The zero-order valence-electron chi connectivity index (χ0n) is 13.4. The summed E-state index contributed by atoms with van der Waals surface area (Å²) in [6, 6.07) is 12.5. The minimum Gasteiger partial charge on any atom is -0.306 e. The summed E-state index contributed by atoms with van der Waals surface area (Å²) in [5.74, 6) is 0.128. The maximum absolute atomic E-state index is 13.4. The topological polar surface area (TPSA) is 64.0 Å². The van der Waals surface area contributed by atoms with E-state index in [1.54, 1.807) is 22.9 Å². The number of benzene rings is 2. The van der Waals surface area contributed by atoms with Crippen LogP contribution in [0.25, 0.3) is 5.69 Å². The van der Waals surface area contributed by atoms with Gasteiger partial charge in [0.15, 0.2) is 0 Å². The molecule has 1 atom stereocenters. The molecule has 0 saturated heterocycles. The zero-order chi connectivity index (χ0) is 18.3. The number of hydrogen-bond donors (Lipinski definition) is 1. The first kappa shape index (κ1) is 16.9. The molecular weight excluding hydrogens is 377 g/mol. The molecule has 26 heavy (non-hydrogen) atoms. The first-order valence-electron chi connectivity index (χ1n) is 7.80. The lowest BCUT2D eigenvalue weighted by Crippen LogP contribution is -2.16. The van der Waals surface area contributed by atoms with Crippen LogP contribution in [0.1, 0.15) is 21.6 Å². The molecular formula is C18H13ClFN3O2S. The molecule has 2 heterocycles. The lowest BCUT2D eigenvalue weighted by atomic mass is 10.2. The average Bonchev–Trinajstić information content (AvgIpc) is 3.12. The molecule has 0 bridgehead atoms. The summed E-state index contributed by atoms with van der Waals surface area (Å²) in [7, 11) is -1.04. The predicted octanol–water partition coefficient (Wildman–Crippen LogP) is 3.68. The van der Waals surface area contributed by atoms with Gasteiger partial charge in [-0.1, -0.05) is 23.7 Å². The lowest BCUT2D eigenvalue weighted by Gasteiger charge is -2.11. The Hall–Kier alpha value is -2.51. The van der Waals surface area contributed by atoms with Gasteiger partial charge in [0.25, 0.3) is 5.91 Å². The third-order valence-corrected chi connectivity index (χ3v) is 5.48. The first-order valence-corrected chi connectivity index (χ1v) is 9.66. The number of nitrogens with one attached hydrogen (secondary N) is 1.